The molecule has 0 aliphatic carbocycles. The summed E-state index contributed by atoms with van der Waals surface area (Å²) in [5.41, 5.74) is 2.69. The summed E-state index contributed by atoms with van der Waals surface area (Å²) in [6.45, 7) is 0.833. The third-order valence-corrected chi connectivity index (χ3v) is 5.84. The van der Waals surface area contributed by atoms with Gasteiger partial charge in [-0.05, 0) is 24.1 Å². The van der Waals surface area contributed by atoms with Crippen LogP contribution in [0.5, 0.6) is 0 Å². The summed E-state index contributed by atoms with van der Waals surface area (Å²) in [5, 5.41) is 8.28. The van der Waals surface area contributed by atoms with Gasteiger partial charge in [0.25, 0.3) is 0 Å². The highest BCUT2D eigenvalue weighted by atomic mass is 32.2. The molecule has 4 heterocycles. The van der Waals surface area contributed by atoms with E-state index in [1.165, 1.54) is 10.6 Å². The third-order valence-electron chi connectivity index (χ3n) is 4.57. The minimum atomic E-state index is -3.17. The molecule has 8 nitrogen and oxygen atoms in total. The van der Waals surface area contributed by atoms with Crippen LogP contribution in [-0.4, -0.2) is 51.7 Å². The topological polar surface area (TPSA) is 93.6 Å². The Balaban J connectivity index is 1.61. The van der Waals surface area contributed by atoms with Crippen LogP contribution in [-0.2, 0) is 22.9 Å². The third kappa shape index (κ3) is 3.27. The van der Waals surface area contributed by atoms with Crippen LogP contribution < -0.4 is 0 Å². The van der Waals surface area contributed by atoms with Crippen molar-refractivity contribution in [3.05, 3.63) is 54.1 Å². The van der Waals surface area contributed by atoms with E-state index in [9.17, 15) is 8.42 Å². The number of nitrogens with zero attached hydrogens (tertiary/aromatic N) is 5. The zero-order valence-electron chi connectivity index (χ0n) is 14.4. The van der Waals surface area contributed by atoms with Crippen molar-refractivity contribution in [1.29, 1.82) is 0 Å². The first-order valence-corrected chi connectivity index (χ1v) is 10.2. The Morgan fingerprint density at radius 2 is 2.19 bits per heavy atom. The Morgan fingerprint density at radius 3 is 2.88 bits per heavy atom. The lowest BCUT2D eigenvalue weighted by Crippen LogP contribution is -2.33. The molecule has 3 aromatic rings. The van der Waals surface area contributed by atoms with E-state index in [4.69, 9.17) is 4.42 Å². The van der Waals surface area contributed by atoms with Crippen molar-refractivity contribution in [2.75, 3.05) is 19.3 Å². The Morgan fingerprint density at radius 1 is 1.31 bits per heavy atom. The van der Waals surface area contributed by atoms with Crippen LogP contribution >= 0.6 is 0 Å². The Labute approximate surface area is 151 Å². The van der Waals surface area contributed by atoms with Crippen molar-refractivity contribution in [1.82, 2.24) is 23.9 Å². The molecule has 0 spiro atoms. The average Bonchev–Trinajstić information content (AvgIpc) is 3.31. The van der Waals surface area contributed by atoms with E-state index >= 15 is 0 Å². The van der Waals surface area contributed by atoms with Gasteiger partial charge in [0.1, 0.15) is 17.9 Å². The number of furan rings is 1. The maximum Gasteiger partial charge on any atom is 0.211 e. The van der Waals surface area contributed by atoms with Gasteiger partial charge in [0, 0.05) is 37.7 Å². The lowest BCUT2D eigenvalue weighted by atomic mass is 10.0. The minimum absolute atomic E-state index is 0.370. The summed E-state index contributed by atoms with van der Waals surface area (Å²) in [6.07, 6.45) is 10.4. The first-order valence-electron chi connectivity index (χ1n) is 8.37. The van der Waals surface area contributed by atoms with Crippen LogP contribution in [0.15, 0.2) is 41.4 Å². The normalized spacial score (nSPS) is 16.1. The van der Waals surface area contributed by atoms with Gasteiger partial charge in [0.05, 0.1) is 12.5 Å². The second-order valence-corrected chi connectivity index (χ2v) is 8.27. The van der Waals surface area contributed by atoms with Crippen LogP contribution in [0.25, 0.3) is 11.2 Å². The van der Waals surface area contributed by atoms with Crippen molar-refractivity contribution < 1.29 is 12.8 Å². The van der Waals surface area contributed by atoms with E-state index in [-0.39, 0.29) is 0 Å². The molecule has 136 valence electrons. The maximum atomic E-state index is 11.7. The SMILES string of the molecule is CS(=O)(=O)N1CC=C(c2cnc(CCc3ccco3)n3cnnc23)CC1. The molecule has 1 aliphatic rings. The number of rotatable bonds is 5. The largest absolute Gasteiger partial charge is 0.469 e. The monoisotopic (exact) mass is 373 g/mol. The summed E-state index contributed by atoms with van der Waals surface area (Å²) in [5.74, 6) is 1.77. The molecule has 3 aromatic heterocycles. The predicted molar refractivity (Wildman–Crippen MR) is 95.9 cm³/mol. The van der Waals surface area contributed by atoms with Gasteiger partial charge >= 0.3 is 0 Å². The van der Waals surface area contributed by atoms with Crippen LogP contribution in [0, 0.1) is 0 Å². The first kappa shape index (κ1) is 16.9. The molecule has 0 fully saturated rings. The van der Waals surface area contributed by atoms with Gasteiger partial charge in [-0.25, -0.2) is 13.4 Å². The fourth-order valence-corrected chi connectivity index (χ4v) is 3.93. The maximum absolute atomic E-state index is 11.7. The standard InChI is InChI=1S/C17H19N5O3S/c1-26(23,24)21-8-6-13(7-9-21)15-11-18-16(22-12-19-20-17(15)22)5-4-14-3-2-10-25-14/h2-3,6,10-12H,4-5,7-9H2,1H3. The highest BCUT2D eigenvalue weighted by Gasteiger charge is 2.22. The van der Waals surface area contributed by atoms with Crippen molar-refractivity contribution in [3.8, 4) is 0 Å². The molecule has 0 amide bonds. The second kappa shape index (κ2) is 6.65. The summed E-state index contributed by atoms with van der Waals surface area (Å²) >= 11 is 0. The number of hydrogen-bond acceptors (Lipinski definition) is 6. The smallest absolute Gasteiger partial charge is 0.211 e. The molecule has 0 unspecified atom stereocenters. The molecule has 0 atom stereocenters. The van der Waals surface area contributed by atoms with Crippen molar-refractivity contribution in [2.45, 2.75) is 19.3 Å². The first-order chi connectivity index (χ1) is 12.5. The minimum Gasteiger partial charge on any atom is -0.469 e. The summed E-state index contributed by atoms with van der Waals surface area (Å²) in [6, 6.07) is 3.81. The number of fused-ring (bicyclic) bond motifs is 1. The van der Waals surface area contributed by atoms with Crippen LogP contribution in [0.4, 0.5) is 0 Å². The van der Waals surface area contributed by atoms with Crippen molar-refractivity contribution in [3.63, 3.8) is 0 Å². The summed E-state index contributed by atoms with van der Waals surface area (Å²) in [4.78, 5) is 4.59. The second-order valence-electron chi connectivity index (χ2n) is 6.29. The van der Waals surface area contributed by atoms with Gasteiger partial charge in [0.15, 0.2) is 5.65 Å². The lowest BCUT2D eigenvalue weighted by Gasteiger charge is -2.24. The number of aromatic nitrogens is 4. The van der Waals surface area contributed by atoms with E-state index in [0.717, 1.165) is 34.8 Å². The zero-order valence-corrected chi connectivity index (χ0v) is 15.2. The number of hydrogen-bond donors (Lipinski definition) is 0. The molecular formula is C17H19N5O3S. The van der Waals surface area contributed by atoms with Gasteiger partial charge in [0.2, 0.25) is 10.0 Å². The molecule has 0 saturated carbocycles. The number of aryl methyl sites for hydroxylation is 2. The van der Waals surface area contributed by atoms with E-state index in [1.54, 1.807) is 12.6 Å². The van der Waals surface area contributed by atoms with Gasteiger partial charge in [-0.1, -0.05) is 6.08 Å². The molecule has 0 bridgehead atoms. The molecular weight excluding hydrogens is 354 g/mol. The zero-order chi connectivity index (χ0) is 18.1. The molecule has 0 radical (unpaired) electrons. The Hall–Kier alpha value is -2.52. The molecule has 0 N–H and O–H groups in total. The highest BCUT2D eigenvalue weighted by Crippen LogP contribution is 2.26. The molecule has 0 aromatic carbocycles. The quantitative estimate of drug-likeness (QED) is 0.674. The average molecular weight is 373 g/mol. The molecule has 26 heavy (non-hydrogen) atoms. The highest BCUT2D eigenvalue weighted by molar-refractivity contribution is 7.88. The Bertz CT molecular complexity index is 1050. The summed E-state index contributed by atoms with van der Waals surface area (Å²) < 4.78 is 32.1. The van der Waals surface area contributed by atoms with E-state index in [1.807, 2.05) is 28.8 Å². The lowest BCUT2D eigenvalue weighted by molar-refractivity contribution is 0.446. The van der Waals surface area contributed by atoms with Gasteiger partial charge < -0.3 is 4.42 Å². The van der Waals surface area contributed by atoms with Gasteiger partial charge in [-0.3, -0.25) is 4.40 Å². The van der Waals surface area contributed by atoms with Crippen molar-refractivity contribution in [2.24, 2.45) is 0 Å². The van der Waals surface area contributed by atoms with Crippen LogP contribution in [0.3, 0.4) is 0 Å². The molecule has 1 aliphatic heterocycles. The molecule has 0 saturated heterocycles. The van der Waals surface area contributed by atoms with E-state index in [0.29, 0.717) is 25.9 Å². The van der Waals surface area contributed by atoms with Crippen molar-refractivity contribution >= 4 is 21.2 Å². The molecule has 4 rings (SSSR count). The van der Waals surface area contributed by atoms with Crippen LogP contribution in [0.1, 0.15) is 23.6 Å². The van der Waals surface area contributed by atoms with E-state index < -0.39 is 10.0 Å². The fourth-order valence-electron chi connectivity index (χ4n) is 3.16. The fraction of sp³-hybridized carbons (Fsp3) is 0.353. The molecule has 9 heteroatoms. The van der Waals surface area contributed by atoms with E-state index in [2.05, 4.69) is 15.2 Å². The Kier molecular flexibility index (Phi) is 4.33. The number of sulfonamides is 1. The van der Waals surface area contributed by atoms with Gasteiger partial charge in [-0.2, -0.15) is 4.31 Å². The summed E-state index contributed by atoms with van der Waals surface area (Å²) in [7, 11) is -3.17. The van der Waals surface area contributed by atoms with Gasteiger partial charge in [-0.15, -0.1) is 10.2 Å². The predicted octanol–water partition coefficient (Wildman–Crippen LogP) is 1.55. The van der Waals surface area contributed by atoms with Crippen LogP contribution in [0.2, 0.25) is 0 Å².